The summed E-state index contributed by atoms with van der Waals surface area (Å²) in [5, 5.41) is 19.1. The molecule has 508 valence electrons. The van der Waals surface area contributed by atoms with Gasteiger partial charge >= 0.3 is 7.12 Å². The Morgan fingerprint density at radius 1 is 0.236 bits per heavy atom. The molecule has 0 radical (unpaired) electrons. The predicted octanol–water partition coefficient (Wildman–Crippen LogP) is 24.0. The smallest absolute Gasteiger partial charge is 0.423 e. The number of halogens is 1. The molecule has 0 spiro atoms. The molecule has 2 aliphatic rings. The fourth-order valence-corrected chi connectivity index (χ4v) is 15.5. The Balaban J connectivity index is 0.000000136. The lowest BCUT2D eigenvalue weighted by Gasteiger charge is -2.21. The number of fused-ring (bicyclic) bond motifs is 6. The summed E-state index contributed by atoms with van der Waals surface area (Å²) < 4.78 is 1.07. The fourth-order valence-electron chi connectivity index (χ4n) is 15.1. The second-order valence-electron chi connectivity index (χ2n) is 28.0. The van der Waals surface area contributed by atoms with Crippen LogP contribution in [0.15, 0.2) is 368 Å². The summed E-state index contributed by atoms with van der Waals surface area (Å²) in [5.41, 5.74) is 32.2. The van der Waals surface area contributed by atoms with Crippen molar-refractivity contribution < 1.29 is 10.0 Å². The number of hydrogen-bond donors (Lipinski definition) is 2. The van der Waals surface area contributed by atoms with Crippen molar-refractivity contribution in [3.05, 3.63) is 391 Å². The zero-order valence-electron chi connectivity index (χ0n) is 59.3. The van der Waals surface area contributed by atoms with E-state index in [1.165, 1.54) is 66.8 Å². The molecule has 106 heavy (non-hydrogen) atoms. The van der Waals surface area contributed by atoms with Crippen LogP contribution in [0.4, 0.5) is 0 Å². The van der Waals surface area contributed by atoms with Gasteiger partial charge in [-0.3, -0.25) is 0 Å². The molecule has 6 nitrogen and oxygen atoms in total. The van der Waals surface area contributed by atoms with E-state index >= 15 is 0 Å². The van der Waals surface area contributed by atoms with Crippen LogP contribution in [-0.2, 0) is 10.8 Å². The standard InChI is InChI=1S/C49H36N2.C34H23BrN2.C15H15BO2/c1-49(2)43-27-10-9-25-42(43)47-41(26-14-28-44(47)49)39-23-12-21-37(30-39)35-19-11-20-36(29-35)38-22-13-24-40(31-38)46-32-45(33-15-5-3-6-16-33)50-48(51-46)34-17-7-4-8-18-34;35-31-19-9-17-29(22-31)27-15-7-14-26(20-27)28-16-8-18-30(21-28)33-23-32(24-10-3-1-4-11-24)36-34(37-33)25-12-5-2-6-13-25;1-15(2)11-7-4-3-6-10(11)14-12(15)8-5-9-13(14)16(17)18/h3-32H,1-2H3;1-23H;3-9,17-18H,1-2H3. The Kier molecular flexibility index (Phi) is 18.9. The highest BCUT2D eigenvalue weighted by Gasteiger charge is 2.39. The van der Waals surface area contributed by atoms with Gasteiger partial charge in [-0.2, -0.15) is 0 Å². The normalized spacial score (nSPS) is 12.4. The van der Waals surface area contributed by atoms with Crippen molar-refractivity contribution in [2.24, 2.45) is 0 Å². The van der Waals surface area contributed by atoms with Crippen LogP contribution in [0, 0.1) is 0 Å². The van der Waals surface area contributed by atoms with E-state index in [4.69, 9.17) is 19.9 Å². The largest absolute Gasteiger partial charge is 0.489 e. The van der Waals surface area contributed by atoms with Crippen LogP contribution < -0.4 is 5.46 Å². The van der Waals surface area contributed by atoms with Crippen molar-refractivity contribution in [3.63, 3.8) is 0 Å². The van der Waals surface area contributed by atoms with E-state index in [2.05, 4.69) is 317 Å². The molecule has 2 N–H and O–H groups in total. The molecule has 0 amide bonds. The number of benzene rings is 14. The lowest BCUT2D eigenvalue weighted by Crippen LogP contribution is -2.32. The highest BCUT2D eigenvalue weighted by atomic mass is 79.9. The number of hydrogen-bond acceptors (Lipinski definition) is 6. The molecule has 0 fully saturated rings. The average Bonchev–Trinajstić information content (AvgIpc) is 1.58. The molecule has 18 rings (SSSR count). The molecular formula is C98H74BBrN4O2. The van der Waals surface area contributed by atoms with Gasteiger partial charge in [-0.25, -0.2) is 19.9 Å². The molecule has 0 bridgehead atoms. The maximum atomic E-state index is 9.54. The minimum absolute atomic E-state index is 0.0274. The third-order valence-corrected chi connectivity index (χ3v) is 21.0. The van der Waals surface area contributed by atoms with E-state index in [0.717, 1.165) is 106 Å². The third kappa shape index (κ3) is 13.8. The number of rotatable bonds is 12. The molecular weight excluding hydrogens is 1360 g/mol. The van der Waals surface area contributed by atoms with Crippen LogP contribution in [0.5, 0.6) is 0 Å². The average molecular weight is 1430 g/mol. The second kappa shape index (κ2) is 29.5. The third-order valence-electron chi connectivity index (χ3n) is 20.6. The maximum Gasteiger partial charge on any atom is 0.489 e. The monoisotopic (exact) mass is 1430 g/mol. The van der Waals surface area contributed by atoms with Crippen LogP contribution in [0.1, 0.15) is 49.9 Å². The van der Waals surface area contributed by atoms with Crippen molar-refractivity contribution in [1.29, 1.82) is 0 Å². The Morgan fingerprint density at radius 3 is 0.925 bits per heavy atom. The first-order valence-electron chi connectivity index (χ1n) is 35.9. The van der Waals surface area contributed by atoms with Gasteiger partial charge in [0.25, 0.3) is 0 Å². The minimum atomic E-state index is -1.43. The van der Waals surface area contributed by atoms with Crippen molar-refractivity contribution in [2.75, 3.05) is 0 Å². The highest BCUT2D eigenvalue weighted by molar-refractivity contribution is 9.10. The van der Waals surface area contributed by atoms with Gasteiger partial charge in [0.2, 0.25) is 0 Å². The molecule has 0 unspecified atom stereocenters. The van der Waals surface area contributed by atoms with Gasteiger partial charge in [0, 0.05) is 48.7 Å². The molecule has 0 atom stereocenters. The Morgan fingerprint density at radius 2 is 0.509 bits per heavy atom. The lowest BCUT2D eigenvalue weighted by atomic mass is 9.74. The molecule has 8 heteroatoms. The predicted molar refractivity (Wildman–Crippen MR) is 443 cm³/mol. The lowest BCUT2D eigenvalue weighted by molar-refractivity contribution is 0.426. The first-order chi connectivity index (χ1) is 51.8. The van der Waals surface area contributed by atoms with E-state index < -0.39 is 7.12 Å². The second-order valence-corrected chi connectivity index (χ2v) is 28.9. The van der Waals surface area contributed by atoms with Crippen LogP contribution in [0.25, 0.3) is 146 Å². The van der Waals surface area contributed by atoms with Crippen LogP contribution >= 0.6 is 15.9 Å². The van der Waals surface area contributed by atoms with E-state index in [9.17, 15) is 10.0 Å². The van der Waals surface area contributed by atoms with Crippen molar-refractivity contribution >= 4 is 28.5 Å². The summed E-state index contributed by atoms with van der Waals surface area (Å²) in [7, 11) is -1.43. The van der Waals surface area contributed by atoms with Crippen LogP contribution in [-0.4, -0.2) is 37.1 Å². The highest BCUT2D eigenvalue weighted by Crippen LogP contribution is 2.53. The molecule has 14 aromatic carbocycles. The van der Waals surface area contributed by atoms with Crippen LogP contribution in [0.3, 0.4) is 0 Å². The van der Waals surface area contributed by atoms with Crippen molar-refractivity contribution in [3.8, 4) is 146 Å². The topological polar surface area (TPSA) is 92.0 Å². The van der Waals surface area contributed by atoms with Gasteiger partial charge in [-0.05, 0) is 160 Å². The summed E-state index contributed by atoms with van der Waals surface area (Å²) in [6.45, 7) is 9.03. The van der Waals surface area contributed by atoms with E-state index in [1.54, 1.807) is 6.07 Å². The first kappa shape index (κ1) is 68.2. The van der Waals surface area contributed by atoms with E-state index in [-0.39, 0.29) is 10.8 Å². The van der Waals surface area contributed by atoms with Gasteiger partial charge in [0.15, 0.2) is 11.6 Å². The van der Waals surface area contributed by atoms with Gasteiger partial charge in [-0.1, -0.05) is 353 Å². The number of aromatic nitrogens is 4. The minimum Gasteiger partial charge on any atom is -0.423 e. The molecule has 16 aromatic rings. The van der Waals surface area contributed by atoms with Crippen LogP contribution in [0.2, 0.25) is 0 Å². The van der Waals surface area contributed by atoms with E-state index in [0.29, 0.717) is 5.46 Å². The summed E-state index contributed by atoms with van der Waals surface area (Å²) >= 11 is 3.59. The SMILES string of the molecule is Brc1cccc(-c2cccc(-c3cccc(-c4cc(-c5ccccc5)nc(-c5ccccc5)n4)c3)c2)c1.CC1(C)c2ccccc2-c2c(-c3cccc(-c4cccc(-c5cccc(-c6cc(-c7ccccc7)nc(-c7ccccc7)n6)c5)c4)c3)cccc21.CC1(C)c2ccccc2-c2c(B(O)O)cccc21. The summed E-state index contributed by atoms with van der Waals surface area (Å²) in [6.07, 6.45) is 0. The summed E-state index contributed by atoms with van der Waals surface area (Å²) in [5.74, 6) is 1.44. The van der Waals surface area contributed by atoms with Crippen molar-refractivity contribution in [1.82, 2.24) is 19.9 Å². The first-order valence-corrected chi connectivity index (χ1v) is 36.7. The van der Waals surface area contributed by atoms with Crippen molar-refractivity contribution in [2.45, 2.75) is 38.5 Å². The van der Waals surface area contributed by atoms with Gasteiger partial charge in [0.1, 0.15) is 0 Å². The quantitative estimate of drug-likeness (QED) is 0.118. The fraction of sp³-hybridized carbons (Fsp3) is 0.0612. The summed E-state index contributed by atoms with van der Waals surface area (Å²) in [6, 6.07) is 127. The molecule has 0 saturated heterocycles. The summed E-state index contributed by atoms with van der Waals surface area (Å²) in [4.78, 5) is 20.0. The zero-order valence-corrected chi connectivity index (χ0v) is 60.9. The van der Waals surface area contributed by atoms with Gasteiger partial charge in [-0.15, -0.1) is 0 Å². The molecule has 2 heterocycles. The number of nitrogens with zero attached hydrogens (tertiary/aromatic N) is 4. The van der Waals surface area contributed by atoms with E-state index in [1.807, 2.05) is 84.9 Å². The van der Waals surface area contributed by atoms with Gasteiger partial charge < -0.3 is 10.0 Å². The Hall–Kier alpha value is -12.3. The Labute approximate surface area is 629 Å². The van der Waals surface area contributed by atoms with Gasteiger partial charge in [0.05, 0.1) is 22.8 Å². The Bertz CT molecular complexity index is 5790. The molecule has 0 aliphatic heterocycles. The molecule has 0 saturated carbocycles. The zero-order chi connectivity index (χ0) is 72.3. The molecule has 2 aromatic heterocycles. The maximum absolute atomic E-state index is 9.54. The molecule has 2 aliphatic carbocycles.